The maximum atomic E-state index is 12.7. The SMILES string of the molecule is O=C(Nc1ccccc1SC(F)(F)F)C1CCN(c2nc3ccccc3o2)CC1. The molecule has 3 aromatic rings. The molecular formula is C20H18F3N3O2S. The number of nitrogens with one attached hydrogen (secondary N) is 1. The first-order valence-electron chi connectivity index (χ1n) is 9.15. The van der Waals surface area contributed by atoms with Gasteiger partial charge in [0.25, 0.3) is 6.01 Å². The Balaban J connectivity index is 1.38. The second-order valence-electron chi connectivity index (χ2n) is 6.76. The average Bonchev–Trinajstić information content (AvgIpc) is 3.13. The first-order chi connectivity index (χ1) is 13.9. The van der Waals surface area contributed by atoms with Crippen LogP contribution in [0.25, 0.3) is 11.1 Å². The number of halogens is 3. The van der Waals surface area contributed by atoms with Gasteiger partial charge in [-0.2, -0.15) is 18.2 Å². The molecule has 0 radical (unpaired) electrons. The quantitative estimate of drug-likeness (QED) is 0.580. The fourth-order valence-corrected chi connectivity index (χ4v) is 3.97. The third kappa shape index (κ3) is 4.67. The third-order valence-corrected chi connectivity index (χ3v) is 5.60. The number of hydrogen-bond donors (Lipinski definition) is 1. The number of amides is 1. The number of oxazole rings is 1. The molecule has 0 saturated carbocycles. The number of benzene rings is 2. The van der Waals surface area contributed by atoms with Crippen molar-refractivity contribution in [3.63, 3.8) is 0 Å². The molecule has 152 valence electrons. The van der Waals surface area contributed by atoms with E-state index in [-0.39, 0.29) is 34.2 Å². The largest absolute Gasteiger partial charge is 0.446 e. The first kappa shape index (κ1) is 19.6. The Bertz CT molecular complexity index is 980. The van der Waals surface area contributed by atoms with E-state index < -0.39 is 5.51 Å². The van der Waals surface area contributed by atoms with Crippen molar-refractivity contribution in [1.82, 2.24) is 4.98 Å². The molecule has 1 aliphatic heterocycles. The van der Waals surface area contributed by atoms with Gasteiger partial charge in [0.2, 0.25) is 5.91 Å². The van der Waals surface area contributed by atoms with Crippen LogP contribution in [-0.4, -0.2) is 29.5 Å². The van der Waals surface area contributed by atoms with Gasteiger partial charge in [-0.3, -0.25) is 4.79 Å². The number of aromatic nitrogens is 1. The Labute approximate surface area is 169 Å². The molecule has 1 fully saturated rings. The average molecular weight is 421 g/mol. The lowest BCUT2D eigenvalue weighted by molar-refractivity contribution is -0.120. The normalized spacial score (nSPS) is 15.6. The van der Waals surface area contributed by atoms with E-state index in [0.717, 1.165) is 5.52 Å². The van der Waals surface area contributed by atoms with E-state index in [4.69, 9.17) is 4.42 Å². The van der Waals surface area contributed by atoms with Crippen molar-refractivity contribution >= 4 is 40.5 Å². The molecule has 4 rings (SSSR count). The number of nitrogens with zero attached hydrogens (tertiary/aromatic N) is 2. The number of rotatable bonds is 4. The van der Waals surface area contributed by atoms with Crippen LogP contribution in [0.2, 0.25) is 0 Å². The summed E-state index contributed by atoms with van der Waals surface area (Å²) in [5.74, 6) is -0.544. The number of hydrogen-bond acceptors (Lipinski definition) is 5. The summed E-state index contributed by atoms with van der Waals surface area (Å²) < 4.78 is 43.9. The summed E-state index contributed by atoms with van der Waals surface area (Å²) in [4.78, 5) is 19.0. The first-order valence-corrected chi connectivity index (χ1v) is 9.97. The molecule has 9 heteroatoms. The highest BCUT2D eigenvalue weighted by Gasteiger charge is 2.32. The second kappa shape index (κ2) is 7.98. The van der Waals surface area contributed by atoms with Crippen molar-refractivity contribution in [2.75, 3.05) is 23.3 Å². The van der Waals surface area contributed by atoms with Gasteiger partial charge >= 0.3 is 5.51 Å². The monoisotopic (exact) mass is 421 g/mol. The highest BCUT2D eigenvalue weighted by molar-refractivity contribution is 8.00. The van der Waals surface area contributed by atoms with Gasteiger partial charge in [-0.15, -0.1) is 0 Å². The lowest BCUT2D eigenvalue weighted by Crippen LogP contribution is -2.38. The minimum atomic E-state index is -4.41. The van der Waals surface area contributed by atoms with Crippen molar-refractivity contribution in [3.8, 4) is 0 Å². The second-order valence-corrected chi connectivity index (χ2v) is 7.87. The Kier molecular flexibility index (Phi) is 5.40. The van der Waals surface area contributed by atoms with Crippen LogP contribution in [0.5, 0.6) is 0 Å². The van der Waals surface area contributed by atoms with Crippen LogP contribution in [0.15, 0.2) is 57.8 Å². The summed E-state index contributed by atoms with van der Waals surface area (Å²) in [6, 6.07) is 14.0. The lowest BCUT2D eigenvalue weighted by Gasteiger charge is -2.30. The fourth-order valence-electron chi connectivity index (χ4n) is 3.35. The highest BCUT2D eigenvalue weighted by Crippen LogP contribution is 2.40. The van der Waals surface area contributed by atoms with E-state index >= 15 is 0 Å². The van der Waals surface area contributed by atoms with Gasteiger partial charge in [0, 0.05) is 23.9 Å². The van der Waals surface area contributed by atoms with Gasteiger partial charge in [0.05, 0.1) is 5.69 Å². The number of alkyl halides is 3. The Morgan fingerprint density at radius 3 is 2.52 bits per heavy atom. The predicted molar refractivity (Wildman–Crippen MR) is 106 cm³/mol. The standard InChI is InChI=1S/C20H18F3N3O2S/c21-20(22,23)29-17-8-4-2-6-15(17)24-18(27)13-9-11-26(12-10-13)19-25-14-5-1-3-7-16(14)28-19/h1-8,13H,9-12H2,(H,24,27). The molecule has 0 unspecified atom stereocenters. The van der Waals surface area contributed by atoms with Gasteiger partial charge in [0.1, 0.15) is 5.52 Å². The zero-order chi connectivity index (χ0) is 20.4. The number of piperidine rings is 1. The van der Waals surface area contributed by atoms with Crippen LogP contribution in [0.4, 0.5) is 24.9 Å². The van der Waals surface area contributed by atoms with E-state index in [1.54, 1.807) is 6.07 Å². The summed E-state index contributed by atoms with van der Waals surface area (Å²) in [6.45, 7) is 1.17. The molecule has 1 amide bonds. The van der Waals surface area contributed by atoms with Crippen molar-refractivity contribution in [3.05, 3.63) is 48.5 Å². The minimum absolute atomic E-state index is 0.0164. The Hall–Kier alpha value is -2.68. The molecule has 5 nitrogen and oxygen atoms in total. The number of carbonyl (C=O) groups excluding carboxylic acids is 1. The van der Waals surface area contributed by atoms with Gasteiger partial charge in [-0.1, -0.05) is 24.3 Å². The van der Waals surface area contributed by atoms with Gasteiger partial charge in [0.15, 0.2) is 5.58 Å². The molecular weight excluding hydrogens is 403 g/mol. The summed E-state index contributed by atoms with van der Waals surface area (Å²) in [5, 5.41) is 2.66. The van der Waals surface area contributed by atoms with Crippen LogP contribution in [0, 0.1) is 5.92 Å². The van der Waals surface area contributed by atoms with Crippen LogP contribution in [0.1, 0.15) is 12.8 Å². The van der Waals surface area contributed by atoms with Crippen LogP contribution < -0.4 is 10.2 Å². The number of fused-ring (bicyclic) bond motifs is 1. The van der Waals surface area contributed by atoms with Crippen LogP contribution in [0.3, 0.4) is 0 Å². The third-order valence-electron chi connectivity index (χ3n) is 4.79. The Morgan fingerprint density at radius 2 is 1.79 bits per heavy atom. The molecule has 1 N–H and O–H groups in total. The van der Waals surface area contributed by atoms with Crippen LogP contribution in [-0.2, 0) is 4.79 Å². The maximum Gasteiger partial charge on any atom is 0.446 e. The number of anilines is 2. The number of para-hydroxylation sites is 3. The van der Waals surface area contributed by atoms with Gasteiger partial charge < -0.3 is 14.6 Å². The lowest BCUT2D eigenvalue weighted by atomic mass is 9.96. The predicted octanol–water partition coefficient (Wildman–Crippen LogP) is 5.29. The van der Waals surface area contributed by atoms with E-state index in [1.807, 2.05) is 29.2 Å². The molecule has 0 aliphatic carbocycles. The van der Waals surface area contributed by atoms with Crippen molar-refractivity contribution < 1.29 is 22.4 Å². The van der Waals surface area contributed by atoms with Crippen molar-refractivity contribution in [2.45, 2.75) is 23.2 Å². The van der Waals surface area contributed by atoms with Crippen molar-refractivity contribution in [1.29, 1.82) is 0 Å². The summed E-state index contributed by atoms with van der Waals surface area (Å²) in [6.07, 6.45) is 1.14. The molecule has 1 aromatic heterocycles. The molecule has 1 saturated heterocycles. The van der Waals surface area contributed by atoms with Gasteiger partial charge in [-0.25, -0.2) is 0 Å². The summed E-state index contributed by atoms with van der Waals surface area (Å²) in [5.41, 5.74) is -2.74. The number of thioether (sulfide) groups is 1. The molecule has 1 aliphatic rings. The van der Waals surface area contributed by atoms with Crippen LogP contribution >= 0.6 is 11.8 Å². The molecule has 2 heterocycles. The van der Waals surface area contributed by atoms with Crippen molar-refractivity contribution in [2.24, 2.45) is 5.92 Å². The molecule has 0 bridgehead atoms. The Morgan fingerprint density at radius 1 is 1.10 bits per heavy atom. The maximum absolute atomic E-state index is 12.7. The topological polar surface area (TPSA) is 58.4 Å². The summed E-state index contributed by atoms with van der Waals surface area (Å²) >= 11 is -0.228. The number of carbonyl (C=O) groups is 1. The van der Waals surface area contributed by atoms with Gasteiger partial charge in [-0.05, 0) is 48.9 Å². The zero-order valence-corrected chi connectivity index (χ0v) is 16.1. The highest BCUT2D eigenvalue weighted by atomic mass is 32.2. The molecule has 0 atom stereocenters. The fraction of sp³-hybridized carbons (Fsp3) is 0.300. The smallest absolute Gasteiger partial charge is 0.423 e. The van der Waals surface area contributed by atoms with E-state index in [0.29, 0.717) is 37.5 Å². The summed E-state index contributed by atoms with van der Waals surface area (Å²) in [7, 11) is 0. The molecule has 0 spiro atoms. The minimum Gasteiger partial charge on any atom is -0.423 e. The molecule has 2 aromatic carbocycles. The molecule has 29 heavy (non-hydrogen) atoms. The van der Waals surface area contributed by atoms with E-state index in [9.17, 15) is 18.0 Å². The van der Waals surface area contributed by atoms with E-state index in [1.165, 1.54) is 18.2 Å². The zero-order valence-electron chi connectivity index (χ0n) is 15.3. The van der Waals surface area contributed by atoms with E-state index in [2.05, 4.69) is 10.3 Å².